The van der Waals surface area contributed by atoms with Gasteiger partial charge in [-0.3, -0.25) is 4.79 Å². The third kappa shape index (κ3) is 3.77. The molecule has 0 saturated heterocycles. The lowest BCUT2D eigenvalue weighted by molar-refractivity contribution is -0.156. The molecule has 0 aliphatic rings. The first-order valence-corrected chi connectivity index (χ1v) is 6.49. The maximum Gasteiger partial charge on any atom is 0.329 e. The largest absolute Gasteiger partial charge is 0.482 e. The van der Waals surface area contributed by atoms with Crippen molar-refractivity contribution < 1.29 is 19.4 Å². The van der Waals surface area contributed by atoms with Crippen LogP contribution in [0.1, 0.15) is 13.8 Å². The molecule has 0 atom stereocenters. The van der Waals surface area contributed by atoms with Crippen molar-refractivity contribution in [3.8, 4) is 5.75 Å². The van der Waals surface area contributed by atoms with Crippen molar-refractivity contribution in [2.45, 2.75) is 19.4 Å². The van der Waals surface area contributed by atoms with Crippen LogP contribution in [0.15, 0.2) is 18.2 Å². The molecule has 0 aromatic heterocycles. The van der Waals surface area contributed by atoms with Crippen LogP contribution in [0.5, 0.6) is 5.75 Å². The standard InChI is InChI=1S/C13H15Cl2NO4/c1-13(2,12(18)19)16(3)11(17)7-20-10-6-8(14)4-5-9(10)15/h4-6H,7H2,1-3H3,(H,18,19). The van der Waals surface area contributed by atoms with Crippen LogP contribution in [0.3, 0.4) is 0 Å². The Kier molecular flexibility index (Phi) is 5.25. The molecule has 1 amide bonds. The maximum atomic E-state index is 11.9. The number of likely N-dealkylation sites (N-methyl/N-ethyl adjacent to an activating group) is 1. The van der Waals surface area contributed by atoms with Crippen molar-refractivity contribution in [2.24, 2.45) is 0 Å². The summed E-state index contributed by atoms with van der Waals surface area (Å²) in [5, 5.41) is 9.80. The Hall–Kier alpha value is -1.46. The zero-order chi connectivity index (χ0) is 15.5. The van der Waals surface area contributed by atoms with Gasteiger partial charge >= 0.3 is 5.97 Å². The van der Waals surface area contributed by atoms with E-state index in [1.807, 2.05) is 0 Å². The average Bonchev–Trinajstić information content (AvgIpc) is 2.38. The number of nitrogens with zero attached hydrogens (tertiary/aromatic N) is 1. The molecule has 1 aromatic carbocycles. The number of hydrogen-bond acceptors (Lipinski definition) is 3. The van der Waals surface area contributed by atoms with Gasteiger partial charge < -0.3 is 14.7 Å². The summed E-state index contributed by atoms with van der Waals surface area (Å²) in [6, 6.07) is 4.63. The summed E-state index contributed by atoms with van der Waals surface area (Å²) >= 11 is 11.7. The fourth-order valence-corrected chi connectivity index (χ4v) is 1.61. The Morgan fingerprint density at radius 3 is 2.50 bits per heavy atom. The van der Waals surface area contributed by atoms with Crippen LogP contribution in [0.4, 0.5) is 0 Å². The van der Waals surface area contributed by atoms with Crippen LogP contribution in [0.25, 0.3) is 0 Å². The number of carbonyl (C=O) groups excluding carboxylic acids is 1. The highest BCUT2D eigenvalue weighted by molar-refractivity contribution is 6.34. The number of carbonyl (C=O) groups is 2. The van der Waals surface area contributed by atoms with Gasteiger partial charge in [0, 0.05) is 18.1 Å². The minimum atomic E-state index is -1.32. The van der Waals surface area contributed by atoms with E-state index in [9.17, 15) is 9.59 Å². The molecule has 5 nitrogen and oxygen atoms in total. The minimum Gasteiger partial charge on any atom is -0.482 e. The number of halogens is 2. The highest BCUT2D eigenvalue weighted by atomic mass is 35.5. The Morgan fingerprint density at radius 1 is 1.35 bits per heavy atom. The summed E-state index contributed by atoms with van der Waals surface area (Å²) in [4.78, 5) is 24.1. The lowest BCUT2D eigenvalue weighted by Gasteiger charge is -2.31. The second-order valence-corrected chi connectivity index (χ2v) is 5.52. The third-order valence-corrected chi connectivity index (χ3v) is 3.53. The second-order valence-electron chi connectivity index (χ2n) is 4.68. The molecule has 0 radical (unpaired) electrons. The molecule has 0 aliphatic heterocycles. The first kappa shape index (κ1) is 16.6. The van der Waals surface area contributed by atoms with Crippen molar-refractivity contribution in [3.05, 3.63) is 28.2 Å². The average molecular weight is 320 g/mol. The number of aliphatic carboxylic acids is 1. The van der Waals surface area contributed by atoms with E-state index in [2.05, 4.69) is 0 Å². The van der Waals surface area contributed by atoms with Gasteiger partial charge in [-0.1, -0.05) is 23.2 Å². The van der Waals surface area contributed by atoms with Gasteiger partial charge in [0.1, 0.15) is 11.3 Å². The summed E-state index contributed by atoms with van der Waals surface area (Å²) in [5.41, 5.74) is -1.32. The molecule has 0 fully saturated rings. The van der Waals surface area contributed by atoms with E-state index in [0.717, 1.165) is 4.90 Å². The minimum absolute atomic E-state index is 0.272. The molecule has 20 heavy (non-hydrogen) atoms. The van der Waals surface area contributed by atoms with Crippen molar-refractivity contribution in [3.63, 3.8) is 0 Å². The van der Waals surface area contributed by atoms with Crippen LogP contribution in [0.2, 0.25) is 10.0 Å². The highest BCUT2D eigenvalue weighted by Crippen LogP contribution is 2.27. The number of amides is 1. The summed E-state index contributed by atoms with van der Waals surface area (Å²) < 4.78 is 5.27. The van der Waals surface area contributed by atoms with Crippen LogP contribution in [-0.4, -0.2) is 41.1 Å². The molecular weight excluding hydrogens is 305 g/mol. The summed E-state index contributed by atoms with van der Waals surface area (Å²) in [6.07, 6.45) is 0. The van der Waals surface area contributed by atoms with Gasteiger partial charge in [-0.2, -0.15) is 0 Å². The number of carboxylic acids is 1. The van der Waals surface area contributed by atoms with Gasteiger partial charge in [0.2, 0.25) is 0 Å². The molecule has 0 heterocycles. The molecule has 110 valence electrons. The van der Waals surface area contributed by atoms with Crippen LogP contribution >= 0.6 is 23.2 Å². The molecule has 1 rings (SSSR count). The number of benzene rings is 1. The highest BCUT2D eigenvalue weighted by Gasteiger charge is 2.35. The molecule has 7 heteroatoms. The Morgan fingerprint density at radius 2 is 1.95 bits per heavy atom. The van der Waals surface area contributed by atoms with Crippen molar-refractivity contribution in [1.82, 2.24) is 4.90 Å². The number of ether oxygens (including phenoxy) is 1. The van der Waals surface area contributed by atoms with Gasteiger partial charge in [0.15, 0.2) is 6.61 Å². The van der Waals surface area contributed by atoms with E-state index in [0.29, 0.717) is 10.0 Å². The van der Waals surface area contributed by atoms with Crippen molar-refractivity contribution in [2.75, 3.05) is 13.7 Å². The van der Waals surface area contributed by atoms with Gasteiger partial charge in [0.05, 0.1) is 5.02 Å². The molecule has 0 spiro atoms. The first-order valence-electron chi connectivity index (χ1n) is 5.74. The summed E-state index contributed by atoms with van der Waals surface area (Å²) in [5.74, 6) is -1.31. The lowest BCUT2D eigenvalue weighted by Crippen LogP contribution is -2.52. The normalized spacial score (nSPS) is 11.1. The van der Waals surface area contributed by atoms with Crippen molar-refractivity contribution in [1.29, 1.82) is 0 Å². The van der Waals surface area contributed by atoms with Crippen molar-refractivity contribution >= 4 is 35.1 Å². The Labute approximate surface area is 127 Å². The lowest BCUT2D eigenvalue weighted by atomic mass is 10.0. The Bertz CT molecular complexity index is 531. The van der Waals surface area contributed by atoms with E-state index in [-0.39, 0.29) is 12.4 Å². The van der Waals surface area contributed by atoms with E-state index < -0.39 is 17.4 Å². The van der Waals surface area contributed by atoms with Crippen LogP contribution in [0, 0.1) is 0 Å². The monoisotopic (exact) mass is 319 g/mol. The predicted octanol–water partition coefficient (Wildman–Crippen LogP) is 2.69. The quantitative estimate of drug-likeness (QED) is 0.906. The van der Waals surface area contributed by atoms with E-state index in [4.69, 9.17) is 33.0 Å². The molecule has 0 saturated carbocycles. The number of rotatable bonds is 5. The predicted molar refractivity (Wildman–Crippen MR) is 76.4 cm³/mol. The molecule has 0 bridgehead atoms. The number of carboxylic acid groups (broad SMARTS) is 1. The summed E-state index contributed by atoms with van der Waals surface area (Å²) in [7, 11) is 1.40. The zero-order valence-electron chi connectivity index (χ0n) is 11.3. The fourth-order valence-electron chi connectivity index (χ4n) is 1.28. The second kappa shape index (κ2) is 6.33. The number of hydrogen-bond donors (Lipinski definition) is 1. The SMILES string of the molecule is CN(C(=O)COc1cc(Cl)ccc1Cl)C(C)(C)C(=O)O. The van der Waals surface area contributed by atoms with Gasteiger partial charge in [-0.25, -0.2) is 4.79 Å². The first-order chi connectivity index (χ1) is 9.16. The van der Waals surface area contributed by atoms with Crippen LogP contribution in [-0.2, 0) is 9.59 Å². The molecule has 0 unspecified atom stereocenters. The van der Waals surface area contributed by atoms with E-state index in [1.54, 1.807) is 12.1 Å². The smallest absolute Gasteiger partial charge is 0.329 e. The summed E-state index contributed by atoms with van der Waals surface area (Å²) in [6.45, 7) is 2.53. The molecule has 1 aromatic rings. The fraction of sp³-hybridized carbons (Fsp3) is 0.385. The van der Waals surface area contributed by atoms with Gasteiger partial charge in [0.25, 0.3) is 5.91 Å². The topological polar surface area (TPSA) is 66.8 Å². The molecular formula is C13H15Cl2NO4. The Balaban J connectivity index is 2.73. The van der Waals surface area contributed by atoms with E-state index >= 15 is 0 Å². The van der Waals surface area contributed by atoms with Gasteiger partial charge in [-0.05, 0) is 26.0 Å². The van der Waals surface area contributed by atoms with Gasteiger partial charge in [-0.15, -0.1) is 0 Å². The molecule has 0 aliphatic carbocycles. The van der Waals surface area contributed by atoms with E-state index in [1.165, 1.54) is 27.0 Å². The maximum absolute atomic E-state index is 11.9. The van der Waals surface area contributed by atoms with Crippen LogP contribution < -0.4 is 4.74 Å². The molecule has 1 N–H and O–H groups in total. The third-order valence-electron chi connectivity index (χ3n) is 2.98. The zero-order valence-corrected chi connectivity index (χ0v) is 12.8.